The summed E-state index contributed by atoms with van der Waals surface area (Å²) in [5, 5.41) is 9.05. The predicted octanol–water partition coefficient (Wildman–Crippen LogP) is 0.960. The van der Waals surface area contributed by atoms with Gasteiger partial charge in [-0.25, -0.2) is 19.3 Å². The lowest BCUT2D eigenvalue weighted by Gasteiger charge is -2.42. The molecule has 3 aromatic heterocycles. The van der Waals surface area contributed by atoms with Gasteiger partial charge in [0, 0.05) is 55.8 Å². The molecule has 9 nitrogen and oxygen atoms in total. The number of aryl methyl sites for hydroxylation is 2. The van der Waals surface area contributed by atoms with Gasteiger partial charge in [-0.2, -0.15) is 5.10 Å². The van der Waals surface area contributed by atoms with Crippen LogP contribution in [0.15, 0.2) is 29.3 Å². The van der Waals surface area contributed by atoms with E-state index in [9.17, 15) is 4.79 Å². The van der Waals surface area contributed by atoms with Crippen molar-refractivity contribution in [2.24, 2.45) is 5.92 Å². The van der Waals surface area contributed by atoms with Crippen LogP contribution in [0.25, 0.3) is 5.82 Å². The lowest BCUT2D eigenvalue weighted by atomic mass is 9.98. The third-order valence-corrected chi connectivity index (χ3v) is 5.94. The first-order chi connectivity index (χ1) is 14.5. The van der Waals surface area contributed by atoms with Gasteiger partial charge in [-0.05, 0) is 33.0 Å². The summed E-state index contributed by atoms with van der Waals surface area (Å²) in [4.78, 5) is 26.0. The van der Waals surface area contributed by atoms with E-state index in [0.29, 0.717) is 18.3 Å². The molecule has 156 valence electrons. The Hall–Kier alpha value is -3.07. The highest BCUT2D eigenvalue weighted by atomic mass is 16.1. The first kappa shape index (κ1) is 18.9. The molecule has 0 atom stereocenters. The van der Waals surface area contributed by atoms with Gasteiger partial charge in [0.15, 0.2) is 5.82 Å². The molecular weight excluding hydrogens is 380 g/mol. The number of rotatable bonds is 4. The van der Waals surface area contributed by atoms with Crippen LogP contribution in [0.4, 0.5) is 5.82 Å². The van der Waals surface area contributed by atoms with E-state index in [2.05, 4.69) is 37.0 Å². The zero-order chi connectivity index (χ0) is 20.8. The highest BCUT2D eigenvalue weighted by Gasteiger charge is 2.32. The second kappa shape index (κ2) is 7.32. The highest BCUT2D eigenvalue weighted by Crippen LogP contribution is 2.30. The van der Waals surface area contributed by atoms with Gasteiger partial charge >= 0.3 is 0 Å². The molecule has 9 heteroatoms. The fourth-order valence-electron chi connectivity index (χ4n) is 4.38. The Bertz CT molecular complexity index is 1140. The van der Waals surface area contributed by atoms with Crippen molar-refractivity contribution in [1.82, 2.24) is 34.4 Å². The normalized spacial score (nSPS) is 17.1. The van der Waals surface area contributed by atoms with Crippen LogP contribution in [0.3, 0.4) is 0 Å². The Morgan fingerprint density at radius 2 is 1.97 bits per heavy atom. The summed E-state index contributed by atoms with van der Waals surface area (Å²) in [6.45, 7) is 8.18. The Labute approximate surface area is 175 Å². The van der Waals surface area contributed by atoms with Crippen molar-refractivity contribution in [1.29, 1.82) is 0 Å². The van der Waals surface area contributed by atoms with E-state index < -0.39 is 0 Å². The molecule has 0 spiro atoms. The van der Waals surface area contributed by atoms with Crippen molar-refractivity contribution >= 4 is 5.82 Å². The summed E-state index contributed by atoms with van der Waals surface area (Å²) in [6, 6.07) is 5.31. The summed E-state index contributed by atoms with van der Waals surface area (Å²) < 4.78 is 3.35. The van der Waals surface area contributed by atoms with Gasteiger partial charge in [0.2, 0.25) is 0 Å². The Balaban J connectivity index is 1.31. The van der Waals surface area contributed by atoms with Crippen molar-refractivity contribution in [3.8, 4) is 5.82 Å². The molecule has 1 fully saturated rings. The summed E-state index contributed by atoms with van der Waals surface area (Å²) in [7, 11) is 2.13. The van der Waals surface area contributed by atoms with Crippen LogP contribution >= 0.6 is 0 Å². The average molecular weight is 406 g/mol. The molecule has 2 aliphatic rings. The Morgan fingerprint density at radius 1 is 1.13 bits per heavy atom. The first-order valence-corrected chi connectivity index (χ1v) is 10.4. The van der Waals surface area contributed by atoms with E-state index in [1.54, 1.807) is 27.8 Å². The maximum Gasteiger partial charge on any atom is 0.266 e. The van der Waals surface area contributed by atoms with Gasteiger partial charge in [-0.3, -0.25) is 4.79 Å². The zero-order valence-electron chi connectivity index (χ0n) is 17.6. The Kier molecular flexibility index (Phi) is 4.62. The Morgan fingerprint density at radius 3 is 2.73 bits per heavy atom. The fraction of sp³-hybridized carbons (Fsp3) is 0.476. The SMILES string of the molecule is Cc1cc(C)n(-c2ccc(=O)n(CC3CN(c4ncnc5c4CN(C)CC5)C3)n2)n1. The number of anilines is 1. The molecule has 0 aliphatic carbocycles. The number of likely N-dealkylation sites (N-methyl/N-ethyl adjacent to an activating group) is 1. The summed E-state index contributed by atoms with van der Waals surface area (Å²) in [5.41, 5.74) is 4.25. The monoisotopic (exact) mass is 406 g/mol. The standard InChI is InChI=1S/C21H26N8O/c1-14-8-15(2)29(24-14)19-4-5-20(30)28(25-19)11-16-9-27(10-16)21-17-12-26(3)7-6-18(17)22-13-23-21/h4-5,8,13,16H,6-7,9-12H2,1-3H3. The topological polar surface area (TPSA) is 85.0 Å². The van der Waals surface area contributed by atoms with Crippen molar-refractivity contribution in [3.63, 3.8) is 0 Å². The molecule has 3 aromatic rings. The second-order valence-corrected chi connectivity index (χ2v) is 8.43. The molecule has 5 heterocycles. The molecule has 1 saturated heterocycles. The molecule has 30 heavy (non-hydrogen) atoms. The maximum atomic E-state index is 12.4. The van der Waals surface area contributed by atoms with Crippen LogP contribution in [-0.4, -0.2) is 61.1 Å². The van der Waals surface area contributed by atoms with Gasteiger partial charge in [-0.1, -0.05) is 0 Å². The van der Waals surface area contributed by atoms with E-state index in [1.807, 2.05) is 19.9 Å². The number of aromatic nitrogens is 6. The molecule has 0 bridgehead atoms. The van der Waals surface area contributed by atoms with Crippen LogP contribution < -0.4 is 10.5 Å². The number of hydrogen-bond acceptors (Lipinski definition) is 7. The van der Waals surface area contributed by atoms with Crippen molar-refractivity contribution in [3.05, 3.63) is 57.5 Å². The second-order valence-electron chi connectivity index (χ2n) is 8.43. The largest absolute Gasteiger partial charge is 0.355 e. The molecule has 0 saturated carbocycles. The summed E-state index contributed by atoms with van der Waals surface area (Å²) in [5.74, 6) is 2.07. The molecule has 0 unspecified atom stereocenters. The van der Waals surface area contributed by atoms with Gasteiger partial charge in [0.1, 0.15) is 12.1 Å². The van der Waals surface area contributed by atoms with E-state index in [4.69, 9.17) is 0 Å². The zero-order valence-corrected chi connectivity index (χ0v) is 17.6. The van der Waals surface area contributed by atoms with Crippen LogP contribution in [0.1, 0.15) is 22.6 Å². The molecule has 0 radical (unpaired) electrons. The predicted molar refractivity (Wildman–Crippen MR) is 113 cm³/mol. The number of nitrogens with zero attached hydrogens (tertiary/aromatic N) is 8. The van der Waals surface area contributed by atoms with Gasteiger partial charge in [0.05, 0.1) is 17.9 Å². The van der Waals surface area contributed by atoms with Crippen LogP contribution in [0.2, 0.25) is 0 Å². The minimum Gasteiger partial charge on any atom is -0.355 e. The molecular formula is C21H26N8O. The van der Waals surface area contributed by atoms with Gasteiger partial charge in [0.25, 0.3) is 5.56 Å². The molecule has 5 rings (SSSR count). The van der Waals surface area contributed by atoms with Crippen molar-refractivity contribution in [2.45, 2.75) is 33.4 Å². The average Bonchev–Trinajstić information content (AvgIpc) is 3.03. The van der Waals surface area contributed by atoms with Gasteiger partial charge < -0.3 is 9.80 Å². The lowest BCUT2D eigenvalue weighted by molar-refractivity contribution is 0.303. The molecule has 0 N–H and O–H groups in total. The quantitative estimate of drug-likeness (QED) is 0.638. The third kappa shape index (κ3) is 3.39. The number of fused-ring (bicyclic) bond motifs is 1. The lowest BCUT2D eigenvalue weighted by Crippen LogP contribution is -2.51. The minimum atomic E-state index is -0.0835. The smallest absolute Gasteiger partial charge is 0.266 e. The molecule has 0 aromatic carbocycles. The van der Waals surface area contributed by atoms with E-state index in [0.717, 1.165) is 55.5 Å². The van der Waals surface area contributed by atoms with Crippen molar-refractivity contribution < 1.29 is 0 Å². The van der Waals surface area contributed by atoms with Crippen LogP contribution in [0, 0.1) is 19.8 Å². The van der Waals surface area contributed by atoms with Gasteiger partial charge in [-0.15, -0.1) is 5.10 Å². The van der Waals surface area contributed by atoms with Crippen molar-refractivity contribution in [2.75, 3.05) is 31.6 Å². The number of hydrogen-bond donors (Lipinski definition) is 0. The van der Waals surface area contributed by atoms with E-state index in [-0.39, 0.29) is 5.56 Å². The summed E-state index contributed by atoms with van der Waals surface area (Å²) in [6.07, 6.45) is 2.65. The fourth-order valence-corrected chi connectivity index (χ4v) is 4.38. The van der Waals surface area contributed by atoms with Crippen LogP contribution in [0.5, 0.6) is 0 Å². The van der Waals surface area contributed by atoms with E-state index >= 15 is 0 Å². The summed E-state index contributed by atoms with van der Waals surface area (Å²) >= 11 is 0. The molecule has 2 aliphatic heterocycles. The van der Waals surface area contributed by atoms with E-state index in [1.165, 1.54) is 5.56 Å². The first-order valence-electron chi connectivity index (χ1n) is 10.4. The molecule has 0 amide bonds. The third-order valence-electron chi connectivity index (χ3n) is 5.94. The highest BCUT2D eigenvalue weighted by molar-refractivity contribution is 5.51. The van der Waals surface area contributed by atoms with Crippen LogP contribution in [-0.2, 0) is 19.5 Å². The maximum absolute atomic E-state index is 12.4. The minimum absolute atomic E-state index is 0.0835.